The molecule has 142 heavy (non-hydrogen) atoms. The fraction of sp³-hybridized carbons (Fsp3) is 0.124. The van der Waals surface area contributed by atoms with Crippen LogP contribution in [0.1, 0.15) is 112 Å². The van der Waals surface area contributed by atoms with Crippen molar-refractivity contribution in [3.63, 3.8) is 0 Å². The van der Waals surface area contributed by atoms with Crippen LogP contribution in [-0.2, 0) is 75.5 Å². The Bertz CT molecular complexity index is 8440. The largest absolute Gasteiger partial charge is 0.392 e. The van der Waals surface area contributed by atoms with Gasteiger partial charge in [-0.3, -0.25) is 38.4 Å². The van der Waals surface area contributed by atoms with Crippen molar-refractivity contribution < 1.29 is 102 Å². The number of carbonyl (C=O) groups is 8. The van der Waals surface area contributed by atoms with Gasteiger partial charge in [0.25, 0.3) is 0 Å². The first-order chi connectivity index (χ1) is 66.9. The molecule has 14 aromatic carbocycles. The number of ketones is 8. The number of benzene rings is 14. The molecular weight excluding hydrogens is 2100 g/mol. The molecular formula is C105H76Cl6O23S8. The molecule has 7 heterocycles. The summed E-state index contributed by atoms with van der Waals surface area (Å²) in [7, 11) is -24.2. The number of aryl methyl sites for hydroxylation is 3. The molecule has 724 valence electrons. The minimum absolute atomic E-state index is 0.0448. The molecule has 0 saturated carbocycles. The van der Waals surface area contributed by atoms with E-state index in [0.29, 0.717) is 69.1 Å². The molecule has 23 nitrogen and oxygen atoms in total. The average Bonchev–Trinajstić information content (AvgIpc) is 1.65. The zero-order valence-corrected chi connectivity index (χ0v) is 86.1. The molecule has 0 bridgehead atoms. The summed E-state index contributed by atoms with van der Waals surface area (Å²) in [6, 6.07) is 75.3. The predicted molar refractivity (Wildman–Crippen MR) is 550 cm³/mol. The Hall–Kier alpha value is -11.9. The predicted octanol–water partition coefficient (Wildman–Crippen LogP) is 21.5. The van der Waals surface area contributed by atoms with Crippen LogP contribution >= 0.6 is 81.4 Å². The normalized spacial score (nSPS) is 16.1. The first-order valence-electron chi connectivity index (χ1n) is 42.6. The number of carbonyl (C=O) groups excluding carboxylic acids is 8. The molecule has 0 amide bonds. The summed E-state index contributed by atoms with van der Waals surface area (Å²) >= 11 is 38.3. The monoisotopic (exact) mass is 2170 g/mol. The highest BCUT2D eigenvalue weighted by Crippen LogP contribution is 2.43. The second kappa shape index (κ2) is 41.1. The molecule has 0 aromatic heterocycles. The number of rotatable bonds is 10. The van der Waals surface area contributed by atoms with Crippen molar-refractivity contribution in [1.29, 1.82) is 0 Å². The highest BCUT2D eigenvalue weighted by molar-refractivity contribution is 7.98. The van der Waals surface area contributed by atoms with Crippen LogP contribution in [0.5, 0.6) is 0 Å². The van der Waals surface area contributed by atoms with Gasteiger partial charge in [0.05, 0.1) is 40.9 Å². The summed E-state index contributed by atoms with van der Waals surface area (Å²) in [6.45, 7) is 7.21. The average molecular weight is 2170 g/mol. The van der Waals surface area contributed by atoms with Gasteiger partial charge in [0.15, 0.2) is 115 Å². The van der Waals surface area contributed by atoms with Gasteiger partial charge in [0.2, 0.25) is 0 Å². The van der Waals surface area contributed by atoms with E-state index in [-0.39, 0.29) is 115 Å². The molecule has 1 N–H and O–H groups in total. The van der Waals surface area contributed by atoms with Crippen molar-refractivity contribution >= 4 is 196 Å². The van der Waals surface area contributed by atoms with E-state index in [1.165, 1.54) is 43.3 Å². The second-order valence-corrected chi connectivity index (χ2v) is 50.7. The zero-order valence-electron chi connectivity index (χ0n) is 75.0. The number of sulfone groups is 7. The molecule has 21 rings (SSSR count). The van der Waals surface area contributed by atoms with Gasteiger partial charge in [-0.15, -0.1) is 11.8 Å². The van der Waals surface area contributed by atoms with Gasteiger partial charge in [-0.05, 0) is 241 Å². The van der Waals surface area contributed by atoms with E-state index in [1.54, 1.807) is 169 Å². The lowest BCUT2D eigenvalue weighted by Crippen LogP contribution is -2.03. The lowest BCUT2D eigenvalue weighted by molar-refractivity contribution is 0.101. The molecule has 14 aromatic rings. The van der Waals surface area contributed by atoms with Crippen molar-refractivity contribution in [2.45, 2.75) is 73.5 Å². The standard InChI is InChI=1S/C16H12O4S.C15H11ClO4S.3C15H11ClO3S.C15H12O3S2.C14H8Cl2O3S/c1-10(17)11-3-2-4-12(7-11)13-5-6-16-14(8-13)15(18)9-21(16,19)20;16-13-5-9(7-17)1-3-11(13)10-2-4-15-12(6-10)14(18)8-21(15,19)20;2*1-9-2-4-13(16)11(6-9)10-3-5-15-12(7-10)14(17)8-20(15,18)19;1-9-2-4-11(13(16)6-9)10-3-5-15-12(7-10)14(17)8-20(15,18)19;1-19-14-5-3-2-4-11(14)10-6-7-15-12(8-10)13(16)9-20(15,17)18;15-9-2-3-10(12(16)6-9)8-1-4-14-11(5-8)13(17)7-20(14,18)19/h2-8H,9H2,1H3;1-6,17H,7-8H2;3*2-7H,8H2,1H3;2-8H,9H2,1H3;1-6H,7H2. The van der Waals surface area contributed by atoms with Crippen LogP contribution in [-0.4, -0.2) is 157 Å². The highest BCUT2D eigenvalue weighted by atomic mass is 35.5. The first-order valence-corrected chi connectivity index (χ1v) is 57.6. The Morgan fingerprint density at radius 1 is 0.261 bits per heavy atom. The fourth-order valence-electron chi connectivity index (χ4n) is 16.6. The van der Waals surface area contributed by atoms with Gasteiger partial charge in [0.1, 0.15) is 40.3 Å². The van der Waals surface area contributed by atoms with Gasteiger partial charge in [0, 0.05) is 107 Å². The smallest absolute Gasteiger partial charge is 0.186 e. The summed E-state index contributed by atoms with van der Waals surface area (Å²) in [4.78, 5) is 95.9. The number of thioether (sulfide) groups is 1. The third-order valence-electron chi connectivity index (χ3n) is 23.6. The molecule has 7 aliphatic rings. The molecule has 37 heteroatoms. The molecule has 0 radical (unpaired) electrons. The summed E-state index contributed by atoms with van der Waals surface area (Å²) in [5, 5.41) is 12.2. The van der Waals surface area contributed by atoms with Crippen LogP contribution in [0.25, 0.3) is 77.9 Å². The van der Waals surface area contributed by atoms with Crippen molar-refractivity contribution in [1.82, 2.24) is 0 Å². The quantitative estimate of drug-likeness (QED) is 0.0981. The van der Waals surface area contributed by atoms with Crippen molar-refractivity contribution in [3.8, 4) is 77.9 Å². The maximum absolute atomic E-state index is 11.8. The summed E-state index contributed by atoms with van der Waals surface area (Å²) in [5.41, 5.74) is 17.0. The Morgan fingerprint density at radius 2 is 0.535 bits per heavy atom. The number of fused-ring (bicyclic) bond motifs is 7. The number of aliphatic hydroxyl groups excluding tert-OH is 1. The van der Waals surface area contributed by atoms with Crippen LogP contribution in [0.3, 0.4) is 0 Å². The number of hydrogen-bond acceptors (Lipinski definition) is 24. The minimum atomic E-state index is -3.49. The Labute approximate surface area is 852 Å². The van der Waals surface area contributed by atoms with E-state index < -0.39 is 115 Å². The lowest BCUT2D eigenvalue weighted by Gasteiger charge is -2.08. The topological polar surface area (TPSA) is 396 Å². The van der Waals surface area contributed by atoms with Crippen LogP contribution in [0.15, 0.2) is 306 Å². The van der Waals surface area contributed by atoms with E-state index in [2.05, 4.69) is 0 Å². The highest BCUT2D eigenvalue weighted by Gasteiger charge is 2.40. The van der Waals surface area contributed by atoms with E-state index in [0.717, 1.165) is 77.2 Å². The van der Waals surface area contributed by atoms with Gasteiger partial charge in [-0.2, -0.15) is 0 Å². The Kier molecular flexibility index (Phi) is 30.2. The summed E-state index contributed by atoms with van der Waals surface area (Å²) in [6.07, 6.45) is 1.99. The van der Waals surface area contributed by atoms with Gasteiger partial charge >= 0.3 is 0 Å². The summed E-state index contributed by atoms with van der Waals surface area (Å²) in [5.74, 6) is -5.69. The molecule has 7 aliphatic heterocycles. The molecule has 0 spiro atoms. The van der Waals surface area contributed by atoms with Crippen LogP contribution in [0.2, 0.25) is 30.1 Å². The third kappa shape index (κ3) is 22.1. The zero-order chi connectivity index (χ0) is 103. The molecule has 0 atom stereocenters. The van der Waals surface area contributed by atoms with Crippen LogP contribution < -0.4 is 0 Å². The fourth-order valence-corrected chi connectivity index (χ4v) is 28.9. The van der Waals surface area contributed by atoms with Crippen LogP contribution in [0.4, 0.5) is 0 Å². The minimum Gasteiger partial charge on any atom is -0.392 e. The molecule has 0 aliphatic carbocycles. The molecule has 0 fully saturated rings. The van der Waals surface area contributed by atoms with E-state index in [9.17, 15) is 97.3 Å². The van der Waals surface area contributed by atoms with E-state index in [4.69, 9.17) is 74.7 Å². The first kappa shape index (κ1) is 104. The SMILES string of the molecule is CC(=O)c1cccc(-c2ccc3c(c2)C(=O)CS3(=O)=O)c1.CSc1ccccc1-c1ccc2c(c1)C(=O)CS2(=O)=O.Cc1ccc(-c2ccc3c(c2)C(=O)CS3(=O)=O)c(Cl)c1.Cc1ccc(Cl)c(-c2ccc3c(c2)C(=O)CS3(=O)=O)c1.Cc1ccc(Cl)c(-c2ccc3c(c2)C(=O)CS3(=O)=O)c1.O=C1CS(=O)(=O)c2ccc(-c3ccc(CO)cc3Cl)cc21.O=C1CS(=O)(=O)c2ccc(-c3ccc(Cl)cc3Cl)cc21. The van der Waals surface area contributed by atoms with Gasteiger partial charge in [-0.25, -0.2) is 58.9 Å². The van der Waals surface area contributed by atoms with Crippen molar-refractivity contribution in [3.05, 3.63) is 364 Å². The van der Waals surface area contributed by atoms with E-state index >= 15 is 0 Å². The van der Waals surface area contributed by atoms with Gasteiger partial charge < -0.3 is 5.11 Å². The number of Topliss-reactive ketones (excluding diaryl/α,β-unsaturated/α-hetero) is 8. The maximum atomic E-state index is 11.8. The number of hydrogen-bond donors (Lipinski definition) is 1. The summed E-state index contributed by atoms with van der Waals surface area (Å²) < 4.78 is 165. The van der Waals surface area contributed by atoms with Crippen LogP contribution in [0, 0.1) is 20.8 Å². The second-order valence-electron chi connectivity index (χ2n) is 33.6. The number of aliphatic hydroxyl groups is 1. The Morgan fingerprint density at radius 3 is 0.852 bits per heavy atom. The van der Waals surface area contributed by atoms with E-state index in [1.807, 2.05) is 99.8 Å². The van der Waals surface area contributed by atoms with Crippen molar-refractivity contribution in [2.24, 2.45) is 0 Å². The number of halogens is 6. The Balaban J connectivity index is 0.000000125. The van der Waals surface area contributed by atoms with Crippen molar-refractivity contribution in [2.75, 3.05) is 46.5 Å². The van der Waals surface area contributed by atoms with Gasteiger partial charge in [-0.1, -0.05) is 202 Å². The maximum Gasteiger partial charge on any atom is 0.186 e. The molecule has 0 saturated heterocycles. The lowest BCUT2D eigenvalue weighted by atomic mass is 9.99. The third-order valence-corrected chi connectivity index (χ3v) is 38.0. The molecule has 0 unspecified atom stereocenters.